The van der Waals surface area contributed by atoms with E-state index in [-0.39, 0.29) is 0 Å². The first kappa shape index (κ1) is 12.2. The minimum Gasteiger partial charge on any atom is -0.116 e. The van der Waals surface area contributed by atoms with Gasteiger partial charge in [-0.2, -0.15) is 0 Å². The van der Waals surface area contributed by atoms with E-state index in [1.165, 1.54) is 0 Å². The molecule has 0 nitrogen and oxygen atoms in total. The summed E-state index contributed by atoms with van der Waals surface area (Å²) < 4.78 is 0.458. The van der Waals surface area contributed by atoms with Crippen LogP contribution >= 0.6 is 39.8 Å². The molecule has 0 fully saturated rings. The molecule has 0 aromatic carbocycles. The Hall–Kier alpha value is 1.45. The molecule has 0 bridgehead atoms. The van der Waals surface area contributed by atoms with Gasteiger partial charge in [0.25, 0.3) is 0 Å². The largest absolute Gasteiger partial charge is 0.133 e. The first-order valence-electron chi connectivity index (χ1n) is 2.36. The minimum absolute atomic E-state index is 0.380. The van der Waals surface area contributed by atoms with Crippen molar-refractivity contribution >= 4 is 47.6 Å². The van der Waals surface area contributed by atoms with Crippen molar-refractivity contribution in [3.8, 4) is 0 Å². The van der Waals surface area contributed by atoms with Crippen LogP contribution in [0.3, 0.4) is 0 Å². The highest BCUT2D eigenvalue weighted by Gasteiger charge is 1.75. The summed E-state index contributed by atoms with van der Waals surface area (Å²) >= 11 is 6.38. The molecule has 0 aliphatic rings. The van der Waals surface area contributed by atoms with Gasteiger partial charge in [0.15, 0.2) is 0 Å². The second-order valence-electron chi connectivity index (χ2n) is 1.86. The Morgan fingerprint density at radius 1 is 1.25 bits per heavy atom. The van der Waals surface area contributed by atoms with Crippen LogP contribution in [0, 0.1) is 0 Å². The lowest BCUT2D eigenvalue weighted by molar-refractivity contribution is 2.13. The molecule has 0 heterocycles. The van der Waals surface area contributed by atoms with Gasteiger partial charge in [0.1, 0.15) is 7.85 Å². The highest BCUT2D eigenvalue weighted by atomic mass is 79.9. The van der Waals surface area contributed by atoms with Gasteiger partial charge >= 0.3 is 0 Å². The molecule has 50 valence electrons. The summed E-state index contributed by atoms with van der Waals surface area (Å²) in [7, 11) is 2.38. The van der Waals surface area contributed by atoms with Crippen LogP contribution < -0.4 is 0 Å². The summed E-state index contributed by atoms with van der Waals surface area (Å²) in [5.41, 5.74) is 0. The molecule has 0 aliphatic carbocycles. The van der Waals surface area contributed by atoms with E-state index in [0.717, 1.165) is 0 Å². The van der Waals surface area contributed by atoms with E-state index in [2.05, 4.69) is 51.9 Å². The quantitative estimate of drug-likeness (QED) is 0.356. The van der Waals surface area contributed by atoms with Crippen molar-refractivity contribution in [2.24, 2.45) is 0 Å². The fraction of sp³-hybridized carbons (Fsp3) is 1.00. The molecule has 0 spiro atoms. The first-order valence-corrected chi connectivity index (χ1v) is 6.87. The summed E-state index contributed by atoms with van der Waals surface area (Å²) in [6.07, 6.45) is 0. The third kappa shape index (κ3) is 147. The molecule has 8 heavy (non-hydrogen) atoms. The van der Waals surface area contributed by atoms with E-state index in [1.54, 1.807) is 0 Å². The molecule has 0 amide bonds. The summed E-state index contributed by atoms with van der Waals surface area (Å²) in [4.78, 5) is 0. The summed E-state index contributed by atoms with van der Waals surface area (Å²) in [5, 5.41) is 0. The average molecular weight is 262 g/mol. The molecule has 0 aliphatic heterocycles. The topological polar surface area (TPSA) is 0 Å². The van der Waals surface area contributed by atoms with Crippen molar-refractivity contribution in [1.29, 1.82) is 0 Å². The van der Waals surface area contributed by atoms with Crippen LogP contribution in [0.4, 0.5) is 0 Å². The zero-order valence-electron chi connectivity index (χ0n) is 5.78. The smallest absolute Gasteiger partial charge is 0.116 e. The van der Waals surface area contributed by atoms with E-state index < -0.39 is 0 Å². The van der Waals surface area contributed by atoms with E-state index in [4.69, 9.17) is 0 Å². The number of hydrogen-bond donors (Lipinski definition) is 0. The van der Waals surface area contributed by atoms with Gasteiger partial charge in [0.05, 0.1) is 0 Å². The van der Waals surface area contributed by atoms with Crippen LogP contribution in [0.25, 0.3) is 0 Å². The third-order valence-electron chi connectivity index (χ3n) is 0. The Labute approximate surface area is 71.2 Å². The zero-order valence-corrected chi connectivity index (χ0v) is 9.85. The molecular formula is C4H12BBr2P. The predicted octanol–water partition coefficient (Wildman–Crippen LogP) is 2.05. The average Bonchev–Trinajstić information content (AvgIpc) is 1.25. The molecule has 0 radical (unpaired) electrons. The second-order valence-corrected chi connectivity index (χ2v) is 8.52. The van der Waals surface area contributed by atoms with Gasteiger partial charge in [-0.15, -0.1) is 7.92 Å². The van der Waals surface area contributed by atoms with Crippen LogP contribution in [0.1, 0.15) is 0 Å². The monoisotopic (exact) mass is 260 g/mol. The predicted molar refractivity (Wildman–Crippen MR) is 54.9 cm³/mol. The van der Waals surface area contributed by atoms with Crippen LogP contribution in [-0.2, 0) is 0 Å². The van der Waals surface area contributed by atoms with Gasteiger partial charge in [-0.3, -0.25) is 0 Å². The van der Waals surface area contributed by atoms with Crippen LogP contribution in [0.2, 0.25) is 0 Å². The lowest BCUT2D eigenvalue weighted by Gasteiger charge is -1.81. The van der Waals surface area contributed by atoms with Gasteiger partial charge in [0.2, 0.25) is 0 Å². The number of hydrogen-bond acceptors (Lipinski definition) is 0. The molecule has 0 saturated carbocycles. The maximum absolute atomic E-state index is 3.19. The fourth-order valence-electron chi connectivity index (χ4n) is 0. The Balaban J connectivity index is 0. The van der Waals surface area contributed by atoms with Crippen LogP contribution in [0.15, 0.2) is 0 Å². The zero-order chi connectivity index (χ0) is 7.15. The highest BCUT2D eigenvalue weighted by Crippen LogP contribution is 2.14. The number of rotatable bonds is 0. The summed E-state index contributed by atoms with van der Waals surface area (Å²) in [5.74, 6) is 0. The van der Waals surface area contributed by atoms with Crippen molar-refractivity contribution in [3.63, 3.8) is 0 Å². The lowest BCUT2D eigenvalue weighted by atomic mass is 10.2. The molecule has 0 unspecified atom stereocenters. The molecule has 0 aromatic heterocycles. The molecule has 0 N–H and O–H groups in total. The fourth-order valence-corrected chi connectivity index (χ4v) is 0. The van der Waals surface area contributed by atoms with Gasteiger partial charge < -0.3 is 0 Å². The Morgan fingerprint density at radius 2 is 1.25 bits per heavy atom. The van der Waals surface area contributed by atoms with Crippen LogP contribution in [-0.4, -0.2) is 31.5 Å². The van der Waals surface area contributed by atoms with Gasteiger partial charge in [0, 0.05) is 3.64 Å². The maximum Gasteiger partial charge on any atom is 0.133 e. The molecule has 0 aromatic rings. The Kier molecular flexibility index (Phi) is 12.9. The molecule has 4 heteroatoms. The van der Waals surface area contributed by atoms with E-state index in [0.29, 0.717) is 11.6 Å². The van der Waals surface area contributed by atoms with Crippen molar-refractivity contribution in [2.75, 3.05) is 20.0 Å². The molecular weight excluding hydrogens is 250 g/mol. The van der Waals surface area contributed by atoms with Crippen molar-refractivity contribution in [1.82, 2.24) is 0 Å². The van der Waals surface area contributed by atoms with E-state index >= 15 is 0 Å². The molecule has 0 saturated heterocycles. The Bertz CT molecular complexity index is 29.5. The normalized spacial score (nSPS) is 8.88. The first-order chi connectivity index (χ1) is 3.46. The minimum atomic E-state index is 0.380. The van der Waals surface area contributed by atoms with Crippen LogP contribution in [0.5, 0.6) is 0 Å². The summed E-state index contributed by atoms with van der Waals surface area (Å²) in [6.45, 7) is 6.69. The van der Waals surface area contributed by atoms with Crippen molar-refractivity contribution < 1.29 is 0 Å². The molecule has 0 atom stereocenters. The van der Waals surface area contributed by atoms with Gasteiger partial charge in [-0.25, -0.2) is 0 Å². The third-order valence-corrected chi connectivity index (χ3v) is 0. The second kappa shape index (κ2) is 8.45. The number of halogens is 2. The Morgan fingerprint density at radius 3 is 1.25 bits per heavy atom. The van der Waals surface area contributed by atoms with Crippen molar-refractivity contribution in [2.45, 2.75) is 3.64 Å². The van der Waals surface area contributed by atoms with Crippen molar-refractivity contribution in [3.05, 3.63) is 0 Å². The van der Waals surface area contributed by atoms with E-state index in [1.807, 2.05) is 7.85 Å². The molecule has 0 rings (SSSR count). The van der Waals surface area contributed by atoms with E-state index in [9.17, 15) is 0 Å². The lowest BCUT2D eigenvalue weighted by Crippen LogP contribution is -1.73. The van der Waals surface area contributed by atoms with Gasteiger partial charge in [-0.1, -0.05) is 31.9 Å². The maximum atomic E-state index is 3.19. The highest BCUT2D eigenvalue weighted by molar-refractivity contribution is 9.25. The van der Waals surface area contributed by atoms with Gasteiger partial charge in [-0.05, 0) is 20.0 Å². The standard InChI is InChI=1S/C3H9P.CH3BBr2/c1-4(2)3;2-1(3)4/h1-3H3;1H,2H2. The SMILES string of the molecule is BC(Br)Br.CP(C)C. The number of alkyl halides is 2. The summed E-state index contributed by atoms with van der Waals surface area (Å²) in [6, 6.07) is 0.